The van der Waals surface area contributed by atoms with Gasteiger partial charge in [-0.1, -0.05) is 0 Å². The highest BCUT2D eigenvalue weighted by Crippen LogP contribution is 2.31. The predicted molar refractivity (Wildman–Crippen MR) is 92.3 cm³/mol. The van der Waals surface area contributed by atoms with Gasteiger partial charge in [0.25, 0.3) is 5.56 Å². The fourth-order valence-corrected chi connectivity index (χ4v) is 3.99. The molecule has 0 aromatic carbocycles. The van der Waals surface area contributed by atoms with Crippen molar-refractivity contribution in [2.45, 2.75) is 44.6 Å². The average molecular weight is 344 g/mol. The molecular weight excluding hydrogens is 320 g/mol. The molecule has 0 bridgehead atoms. The average Bonchev–Trinajstić information content (AvgIpc) is 3.12. The number of fused-ring (bicyclic) bond motifs is 1. The third kappa shape index (κ3) is 3.33. The molecule has 4 rings (SSSR count). The van der Waals surface area contributed by atoms with Crippen molar-refractivity contribution in [3.63, 3.8) is 0 Å². The maximum absolute atomic E-state index is 12.9. The lowest BCUT2D eigenvalue weighted by molar-refractivity contribution is -0.136. The van der Waals surface area contributed by atoms with E-state index < -0.39 is 0 Å². The van der Waals surface area contributed by atoms with E-state index >= 15 is 0 Å². The summed E-state index contributed by atoms with van der Waals surface area (Å²) in [5.74, 6) is 1.14. The van der Waals surface area contributed by atoms with E-state index in [-0.39, 0.29) is 17.5 Å². The van der Waals surface area contributed by atoms with Crippen LogP contribution >= 0.6 is 0 Å². The first-order valence-corrected chi connectivity index (χ1v) is 9.16. The molecule has 7 heteroatoms. The SMILES string of the molecule is O=C(CC1CCOCC1)N1CCCC[C@@H]1c1cc(=O)n2ccnc2[nH]1. The Hall–Kier alpha value is -2.15. The number of nitrogens with zero attached hydrogens (tertiary/aromatic N) is 3. The van der Waals surface area contributed by atoms with Crippen LogP contribution in [0.25, 0.3) is 5.78 Å². The molecule has 0 saturated carbocycles. The van der Waals surface area contributed by atoms with Crippen LogP contribution in [-0.2, 0) is 9.53 Å². The Morgan fingerprint density at radius 2 is 2.12 bits per heavy atom. The number of imidazole rings is 1. The fraction of sp³-hybridized carbons (Fsp3) is 0.611. The molecule has 2 aromatic rings. The van der Waals surface area contributed by atoms with Gasteiger partial charge < -0.3 is 14.6 Å². The summed E-state index contributed by atoms with van der Waals surface area (Å²) >= 11 is 0. The third-order valence-electron chi connectivity index (χ3n) is 5.40. The molecule has 2 aliphatic heterocycles. The third-order valence-corrected chi connectivity index (χ3v) is 5.40. The van der Waals surface area contributed by atoms with Gasteiger partial charge in [-0.2, -0.15) is 0 Å². The number of piperidine rings is 1. The van der Waals surface area contributed by atoms with Crippen LogP contribution in [0.5, 0.6) is 0 Å². The fourth-order valence-electron chi connectivity index (χ4n) is 3.99. The standard InChI is InChI=1S/C18H24N4O3/c23-16(11-13-4-9-25-10-5-13)21-7-2-1-3-15(21)14-12-17(24)22-8-6-19-18(22)20-14/h6,8,12-13,15H,1-5,7,9-11H2,(H,19,20)/t15-/m1/s1. The number of hydrogen-bond acceptors (Lipinski definition) is 4. The van der Waals surface area contributed by atoms with Crippen molar-refractivity contribution in [2.24, 2.45) is 5.92 Å². The van der Waals surface area contributed by atoms with Crippen molar-refractivity contribution in [3.8, 4) is 0 Å². The topological polar surface area (TPSA) is 79.7 Å². The molecule has 134 valence electrons. The molecule has 0 radical (unpaired) electrons. The molecule has 25 heavy (non-hydrogen) atoms. The van der Waals surface area contributed by atoms with Gasteiger partial charge in [-0.05, 0) is 38.0 Å². The first-order valence-electron chi connectivity index (χ1n) is 9.16. The van der Waals surface area contributed by atoms with Gasteiger partial charge in [0.2, 0.25) is 11.7 Å². The van der Waals surface area contributed by atoms with Crippen LogP contribution in [-0.4, -0.2) is 44.9 Å². The molecule has 1 atom stereocenters. The zero-order valence-corrected chi connectivity index (χ0v) is 14.3. The molecule has 7 nitrogen and oxygen atoms in total. The van der Waals surface area contributed by atoms with Gasteiger partial charge >= 0.3 is 0 Å². The summed E-state index contributed by atoms with van der Waals surface area (Å²) in [4.78, 5) is 34.6. The lowest BCUT2D eigenvalue weighted by Gasteiger charge is -2.37. The second-order valence-electron chi connectivity index (χ2n) is 7.04. The maximum Gasteiger partial charge on any atom is 0.259 e. The highest BCUT2D eigenvalue weighted by molar-refractivity contribution is 5.77. The number of rotatable bonds is 3. The molecule has 2 aliphatic rings. The van der Waals surface area contributed by atoms with E-state index in [1.807, 2.05) is 4.90 Å². The number of carbonyl (C=O) groups excluding carboxylic acids is 1. The van der Waals surface area contributed by atoms with Gasteiger partial charge in [0.15, 0.2) is 0 Å². The molecule has 0 spiro atoms. The molecule has 1 amide bonds. The van der Waals surface area contributed by atoms with E-state index in [1.54, 1.807) is 18.5 Å². The van der Waals surface area contributed by atoms with Gasteiger partial charge in [-0.25, -0.2) is 4.98 Å². The Kier molecular flexibility index (Phi) is 4.57. The summed E-state index contributed by atoms with van der Waals surface area (Å²) in [7, 11) is 0. The molecular formula is C18H24N4O3. The number of carbonyl (C=O) groups is 1. The van der Waals surface area contributed by atoms with Gasteiger partial charge in [0.1, 0.15) is 0 Å². The normalized spacial score (nSPS) is 22.4. The van der Waals surface area contributed by atoms with Crippen LogP contribution in [0, 0.1) is 5.92 Å². The molecule has 4 heterocycles. The van der Waals surface area contributed by atoms with Gasteiger partial charge in [0, 0.05) is 50.3 Å². The van der Waals surface area contributed by atoms with E-state index in [1.165, 1.54) is 4.40 Å². The van der Waals surface area contributed by atoms with Crippen LogP contribution < -0.4 is 5.56 Å². The Bertz CT molecular complexity index is 806. The summed E-state index contributed by atoms with van der Waals surface area (Å²) in [6.07, 6.45) is 8.71. The number of aromatic amines is 1. The summed E-state index contributed by atoms with van der Waals surface area (Å²) in [5.41, 5.74) is 0.687. The highest BCUT2D eigenvalue weighted by Gasteiger charge is 2.30. The lowest BCUT2D eigenvalue weighted by Crippen LogP contribution is -2.40. The Labute approximate surface area is 146 Å². The van der Waals surface area contributed by atoms with E-state index in [2.05, 4.69) is 9.97 Å². The minimum absolute atomic E-state index is 0.0597. The molecule has 0 unspecified atom stereocenters. The number of aromatic nitrogens is 3. The smallest absolute Gasteiger partial charge is 0.259 e. The quantitative estimate of drug-likeness (QED) is 0.922. The van der Waals surface area contributed by atoms with Gasteiger partial charge in [0.05, 0.1) is 6.04 Å². The number of nitrogens with one attached hydrogen (secondary N) is 1. The van der Waals surface area contributed by atoms with E-state index in [0.717, 1.165) is 57.6 Å². The first kappa shape index (κ1) is 16.3. The van der Waals surface area contributed by atoms with E-state index in [0.29, 0.717) is 18.1 Å². The minimum Gasteiger partial charge on any atom is -0.381 e. The van der Waals surface area contributed by atoms with Gasteiger partial charge in [-0.3, -0.25) is 14.0 Å². The number of likely N-dealkylation sites (tertiary alicyclic amines) is 1. The van der Waals surface area contributed by atoms with Crippen molar-refractivity contribution in [2.75, 3.05) is 19.8 Å². The largest absolute Gasteiger partial charge is 0.381 e. The number of amides is 1. The Balaban J connectivity index is 1.57. The van der Waals surface area contributed by atoms with Crippen LogP contribution in [0.1, 0.15) is 50.3 Å². The maximum atomic E-state index is 12.9. The van der Waals surface area contributed by atoms with E-state index in [4.69, 9.17) is 4.74 Å². The lowest BCUT2D eigenvalue weighted by atomic mass is 9.93. The number of H-pyrrole nitrogens is 1. The zero-order chi connectivity index (χ0) is 17.2. The monoisotopic (exact) mass is 344 g/mol. The first-order chi connectivity index (χ1) is 12.2. The van der Waals surface area contributed by atoms with Crippen molar-refractivity contribution < 1.29 is 9.53 Å². The van der Waals surface area contributed by atoms with Crippen molar-refractivity contribution >= 4 is 11.7 Å². The number of hydrogen-bond donors (Lipinski definition) is 1. The summed E-state index contributed by atoms with van der Waals surface area (Å²) in [6, 6.07) is 1.55. The van der Waals surface area contributed by atoms with Crippen molar-refractivity contribution in [1.29, 1.82) is 0 Å². The summed E-state index contributed by atoms with van der Waals surface area (Å²) < 4.78 is 6.88. The van der Waals surface area contributed by atoms with E-state index in [9.17, 15) is 9.59 Å². The predicted octanol–water partition coefficient (Wildman–Crippen LogP) is 1.89. The Morgan fingerprint density at radius 3 is 2.96 bits per heavy atom. The zero-order valence-electron chi connectivity index (χ0n) is 14.3. The molecule has 2 aromatic heterocycles. The minimum atomic E-state index is -0.108. The Morgan fingerprint density at radius 1 is 1.28 bits per heavy atom. The van der Waals surface area contributed by atoms with Crippen LogP contribution in [0.3, 0.4) is 0 Å². The van der Waals surface area contributed by atoms with Crippen LogP contribution in [0.4, 0.5) is 0 Å². The van der Waals surface area contributed by atoms with Crippen molar-refractivity contribution in [1.82, 2.24) is 19.3 Å². The highest BCUT2D eigenvalue weighted by atomic mass is 16.5. The second-order valence-corrected chi connectivity index (χ2v) is 7.04. The molecule has 2 saturated heterocycles. The molecule has 1 N–H and O–H groups in total. The molecule has 0 aliphatic carbocycles. The van der Waals surface area contributed by atoms with Gasteiger partial charge in [-0.15, -0.1) is 0 Å². The van der Waals surface area contributed by atoms with Crippen LogP contribution in [0.2, 0.25) is 0 Å². The summed E-state index contributed by atoms with van der Waals surface area (Å²) in [6.45, 7) is 2.27. The summed E-state index contributed by atoms with van der Waals surface area (Å²) in [5, 5.41) is 0. The number of ether oxygens (including phenoxy) is 1. The molecule has 2 fully saturated rings. The second kappa shape index (κ2) is 7.00. The van der Waals surface area contributed by atoms with Crippen molar-refractivity contribution in [3.05, 3.63) is 34.5 Å². The van der Waals surface area contributed by atoms with Crippen LogP contribution in [0.15, 0.2) is 23.3 Å².